The van der Waals surface area contributed by atoms with Crippen molar-refractivity contribution in [1.82, 2.24) is 9.88 Å². The summed E-state index contributed by atoms with van der Waals surface area (Å²) in [6.45, 7) is 19.6. The van der Waals surface area contributed by atoms with Crippen molar-refractivity contribution >= 4 is 33.5 Å². The molecule has 0 unspecified atom stereocenters. The molecule has 234 valence electrons. The molecule has 1 saturated heterocycles. The fraction of sp³-hybridized carbons (Fsp3) is 0.719. The van der Waals surface area contributed by atoms with Crippen molar-refractivity contribution in [3.05, 3.63) is 29.5 Å². The lowest BCUT2D eigenvalue weighted by Gasteiger charge is -2.59. The van der Waals surface area contributed by atoms with Crippen LogP contribution in [0.3, 0.4) is 0 Å². The van der Waals surface area contributed by atoms with E-state index in [0.29, 0.717) is 0 Å². The third kappa shape index (κ3) is 5.30. The van der Waals surface area contributed by atoms with Gasteiger partial charge in [0.2, 0.25) is 0 Å². The van der Waals surface area contributed by atoms with E-state index in [1.165, 1.54) is 23.8 Å². The van der Waals surface area contributed by atoms with Crippen LogP contribution < -0.4 is 4.74 Å². The van der Waals surface area contributed by atoms with Gasteiger partial charge in [-0.25, -0.2) is 4.79 Å². The maximum Gasteiger partial charge on any atom is 0.340 e. The molecular formula is C32H52N2O6Si2. The van der Waals surface area contributed by atoms with Crippen LogP contribution in [-0.2, 0) is 29.5 Å². The Morgan fingerprint density at radius 2 is 1.79 bits per heavy atom. The first kappa shape index (κ1) is 31.7. The van der Waals surface area contributed by atoms with Gasteiger partial charge in [-0.1, -0.05) is 20.8 Å². The molecule has 0 radical (unpaired) electrons. The zero-order valence-electron chi connectivity index (χ0n) is 27.6. The van der Waals surface area contributed by atoms with Crippen LogP contribution in [0.15, 0.2) is 18.2 Å². The maximum absolute atomic E-state index is 14.2. The number of piperidine rings is 1. The van der Waals surface area contributed by atoms with Crippen LogP contribution in [0.4, 0.5) is 0 Å². The van der Waals surface area contributed by atoms with E-state index in [9.17, 15) is 4.79 Å². The van der Waals surface area contributed by atoms with Crippen molar-refractivity contribution in [2.45, 2.75) is 102 Å². The third-order valence-electron chi connectivity index (χ3n) is 10.4. The molecule has 0 spiro atoms. The smallest absolute Gasteiger partial charge is 0.340 e. The van der Waals surface area contributed by atoms with Crippen molar-refractivity contribution in [2.24, 2.45) is 11.8 Å². The first-order chi connectivity index (χ1) is 19.6. The normalized spacial score (nSPS) is 30.4. The first-order valence-electron chi connectivity index (χ1n) is 15.5. The molecule has 3 heterocycles. The van der Waals surface area contributed by atoms with Crippen LogP contribution in [0.25, 0.3) is 10.9 Å². The van der Waals surface area contributed by atoms with Crippen LogP contribution in [0.2, 0.25) is 37.8 Å². The van der Waals surface area contributed by atoms with E-state index in [1.807, 2.05) is 6.07 Å². The number of hydrogen-bond acceptors (Lipinski definition) is 7. The van der Waals surface area contributed by atoms with E-state index in [1.54, 1.807) is 14.2 Å². The predicted octanol–water partition coefficient (Wildman–Crippen LogP) is 6.28. The maximum atomic E-state index is 14.2. The number of methoxy groups -OCH3 is 3. The minimum absolute atomic E-state index is 0.0228. The molecule has 0 amide bonds. The summed E-state index contributed by atoms with van der Waals surface area (Å²) in [5.74, 6) is 0.650. The van der Waals surface area contributed by atoms with Gasteiger partial charge in [-0.3, -0.25) is 4.90 Å². The molecule has 1 aliphatic carbocycles. The first-order valence-corrected chi connectivity index (χ1v) is 21.8. The number of rotatable bonds is 7. The van der Waals surface area contributed by atoms with Gasteiger partial charge >= 0.3 is 5.97 Å². The highest BCUT2D eigenvalue weighted by Crippen LogP contribution is 2.55. The summed E-state index contributed by atoms with van der Waals surface area (Å²) in [6.07, 6.45) is 1.80. The van der Waals surface area contributed by atoms with Gasteiger partial charge in [0.15, 0.2) is 22.2 Å². The zero-order chi connectivity index (χ0) is 30.8. The number of fused-ring (bicyclic) bond motifs is 6. The van der Waals surface area contributed by atoms with Crippen molar-refractivity contribution in [1.29, 1.82) is 0 Å². The Bertz CT molecular complexity index is 1310. The molecule has 2 aromatic rings. The van der Waals surface area contributed by atoms with Crippen molar-refractivity contribution in [3.8, 4) is 5.75 Å². The highest BCUT2D eigenvalue weighted by molar-refractivity contribution is 6.74. The summed E-state index contributed by atoms with van der Waals surface area (Å²) in [6, 6.07) is 6.44. The number of H-pyrrole nitrogens is 1. The van der Waals surface area contributed by atoms with E-state index < -0.39 is 28.3 Å². The second-order valence-electron chi connectivity index (χ2n) is 15.1. The van der Waals surface area contributed by atoms with Crippen LogP contribution in [-0.4, -0.2) is 84.7 Å². The SMILES string of the molecule is COC(=O)[C@]1(O[Si](C)(C)C)[C@H]2C[C@@H]3c4[nH]c5cc(OC)ccc5c4CCN3C[C@H]2C[C@@H](O[Si](C)(C)C(C)(C)C)[C@@H]1OC. The van der Waals surface area contributed by atoms with Crippen LogP contribution in [0, 0.1) is 11.8 Å². The number of aromatic amines is 1. The van der Waals surface area contributed by atoms with E-state index >= 15 is 0 Å². The molecule has 5 rings (SSSR count). The molecule has 1 aromatic carbocycles. The standard InChI is InChI=1S/C32H52N2O6Si2/c1-31(2,3)42(10,11)39-27-16-20-19-34-15-14-23-22-13-12-21(36-4)17-25(22)33-28(23)26(34)18-24(20)32(29(27)37-5,30(35)38-6)40-41(7,8)9/h12-13,17,20,24,26-27,29,33H,14-16,18-19H2,1-11H3/t20-,24+,26-,27-,29+,32+/m1/s1. The molecule has 42 heavy (non-hydrogen) atoms. The van der Waals surface area contributed by atoms with Gasteiger partial charge in [-0.2, -0.15) is 0 Å². The third-order valence-corrected chi connectivity index (χ3v) is 15.9. The lowest BCUT2D eigenvalue weighted by molar-refractivity contribution is -0.226. The summed E-state index contributed by atoms with van der Waals surface area (Å²) < 4.78 is 31.7. The van der Waals surface area contributed by atoms with Gasteiger partial charge in [-0.05, 0) is 80.6 Å². The Hall–Kier alpha value is -1.70. The molecule has 10 heteroatoms. The van der Waals surface area contributed by atoms with Crippen LogP contribution in [0.1, 0.15) is 50.9 Å². The largest absolute Gasteiger partial charge is 0.497 e. The quantitative estimate of drug-likeness (QED) is 0.289. The van der Waals surface area contributed by atoms with Gasteiger partial charge in [0, 0.05) is 48.8 Å². The number of carbonyl (C=O) groups excluding carboxylic acids is 1. The summed E-state index contributed by atoms with van der Waals surface area (Å²) in [5.41, 5.74) is 2.48. The lowest BCUT2D eigenvalue weighted by Crippen LogP contribution is -2.72. The van der Waals surface area contributed by atoms with Gasteiger partial charge < -0.3 is 28.0 Å². The number of ether oxygens (including phenoxy) is 3. The summed E-state index contributed by atoms with van der Waals surface area (Å²) in [5, 5.41) is 1.28. The van der Waals surface area contributed by atoms with Gasteiger partial charge in [0.1, 0.15) is 11.9 Å². The number of carbonyl (C=O) groups is 1. The van der Waals surface area contributed by atoms with E-state index in [2.05, 4.69) is 75.5 Å². The Morgan fingerprint density at radius 1 is 1.07 bits per heavy atom. The highest BCUT2D eigenvalue weighted by Gasteiger charge is 2.66. The highest BCUT2D eigenvalue weighted by atomic mass is 28.4. The molecule has 1 N–H and O–H groups in total. The number of aromatic nitrogens is 1. The minimum atomic E-state index is -2.27. The van der Waals surface area contributed by atoms with Crippen LogP contribution >= 0.6 is 0 Å². The second kappa shape index (κ2) is 11.0. The number of esters is 1. The van der Waals surface area contributed by atoms with E-state index in [4.69, 9.17) is 23.1 Å². The monoisotopic (exact) mass is 616 g/mol. The molecule has 1 aromatic heterocycles. The van der Waals surface area contributed by atoms with E-state index in [-0.39, 0.29) is 35.0 Å². The number of hydrogen-bond donors (Lipinski definition) is 1. The average molecular weight is 617 g/mol. The van der Waals surface area contributed by atoms with Gasteiger partial charge in [0.25, 0.3) is 0 Å². The predicted molar refractivity (Wildman–Crippen MR) is 171 cm³/mol. The molecule has 2 fully saturated rings. The molecular weight excluding hydrogens is 565 g/mol. The fourth-order valence-corrected chi connectivity index (χ4v) is 10.3. The van der Waals surface area contributed by atoms with Gasteiger partial charge in [-0.15, -0.1) is 0 Å². The molecule has 8 nitrogen and oxygen atoms in total. The average Bonchev–Trinajstić information content (AvgIpc) is 3.28. The Morgan fingerprint density at radius 3 is 2.38 bits per heavy atom. The number of benzene rings is 1. The lowest BCUT2D eigenvalue weighted by atomic mass is 9.61. The minimum Gasteiger partial charge on any atom is -0.497 e. The summed E-state index contributed by atoms with van der Waals surface area (Å²) >= 11 is 0. The Balaban J connectivity index is 1.61. The number of nitrogens with one attached hydrogen (secondary N) is 1. The van der Waals surface area contributed by atoms with Gasteiger partial charge in [0.05, 0.1) is 26.4 Å². The van der Waals surface area contributed by atoms with Crippen LogP contribution in [0.5, 0.6) is 5.75 Å². The molecule has 0 bridgehead atoms. The summed E-state index contributed by atoms with van der Waals surface area (Å²) in [4.78, 5) is 20.6. The van der Waals surface area contributed by atoms with E-state index in [0.717, 1.165) is 43.6 Å². The zero-order valence-corrected chi connectivity index (χ0v) is 29.6. The molecule has 2 aliphatic heterocycles. The number of nitrogens with zero attached hydrogens (tertiary/aromatic N) is 1. The Kier molecular flexibility index (Phi) is 8.33. The molecule has 6 atom stereocenters. The fourth-order valence-electron chi connectivity index (χ4n) is 7.65. The Labute approximate surface area is 254 Å². The topological polar surface area (TPSA) is 82.2 Å². The van der Waals surface area contributed by atoms with Crippen molar-refractivity contribution in [3.63, 3.8) is 0 Å². The van der Waals surface area contributed by atoms with Crippen molar-refractivity contribution < 1.29 is 27.9 Å². The second-order valence-corrected chi connectivity index (χ2v) is 24.3. The molecule has 3 aliphatic rings. The molecule has 1 saturated carbocycles. The summed E-state index contributed by atoms with van der Waals surface area (Å²) in [7, 11) is 0.437. The van der Waals surface area contributed by atoms with Crippen molar-refractivity contribution in [2.75, 3.05) is 34.4 Å².